The van der Waals surface area contributed by atoms with Gasteiger partial charge in [0.1, 0.15) is 6.04 Å². The van der Waals surface area contributed by atoms with E-state index in [0.29, 0.717) is 17.9 Å². The summed E-state index contributed by atoms with van der Waals surface area (Å²) in [6.07, 6.45) is 1.52. The fraction of sp³-hybridized carbons (Fsp3) is 0.467. The normalized spacial score (nSPS) is 30.5. The number of nitrogens with zero attached hydrogens (tertiary/aromatic N) is 1. The molecule has 3 N–H and O–H groups in total. The second-order valence-electron chi connectivity index (χ2n) is 5.87. The van der Waals surface area contributed by atoms with Gasteiger partial charge in [-0.25, -0.2) is 0 Å². The lowest BCUT2D eigenvalue weighted by Crippen LogP contribution is -2.52. The van der Waals surface area contributed by atoms with Crippen LogP contribution in [-0.4, -0.2) is 33.9 Å². The topological polar surface area (TPSA) is 83.6 Å². The monoisotopic (exact) mass is 274 g/mol. The Morgan fingerprint density at radius 1 is 1.30 bits per heavy atom. The summed E-state index contributed by atoms with van der Waals surface area (Å²) >= 11 is 0. The van der Waals surface area contributed by atoms with E-state index in [0.717, 1.165) is 6.42 Å². The van der Waals surface area contributed by atoms with Crippen LogP contribution in [0.25, 0.3) is 0 Å². The number of aliphatic hydroxyl groups is 1. The number of amides is 2. The minimum Gasteiger partial charge on any atom is -0.376 e. The molecule has 0 aromatic heterocycles. The van der Waals surface area contributed by atoms with Crippen LogP contribution in [0.5, 0.6) is 0 Å². The minimum atomic E-state index is -1.63. The second-order valence-corrected chi connectivity index (χ2v) is 5.87. The number of rotatable bonds is 3. The van der Waals surface area contributed by atoms with Crippen LogP contribution in [0.2, 0.25) is 0 Å². The molecule has 1 aromatic carbocycles. The number of piperidine rings is 1. The molecule has 2 aliphatic rings. The highest BCUT2D eigenvalue weighted by Crippen LogP contribution is 2.49. The molecule has 0 radical (unpaired) electrons. The zero-order valence-corrected chi connectivity index (χ0v) is 11.3. The molecule has 1 aliphatic heterocycles. The van der Waals surface area contributed by atoms with Crippen molar-refractivity contribution in [3.05, 3.63) is 35.9 Å². The van der Waals surface area contributed by atoms with Crippen molar-refractivity contribution in [2.75, 3.05) is 0 Å². The molecule has 5 nitrogen and oxygen atoms in total. The maximum atomic E-state index is 12.7. The van der Waals surface area contributed by atoms with Crippen molar-refractivity contribution < 1.29 is 14.7 Å². The molecule has 2 amide bonds. The minimum absolute atomic E-state index is 0.0650. The highest BCUT2D eigenvalue weighted by molar-refractivity contribution is 5.92. The number of primary amides is 1. The van der Waals surface area contributed by atoms with Gasteiger partial charge in [-0.1, -0.05) is 30.3 Å². The highest BCUT2D eigenvalue weighted by Gasteiger charge is 2.58. The van der Waals surface area contributed by atoms with Crippen LogP contribution in [0.15, 0.2) is 30.3 Å². The van der Waals surface area contributed by atoms with Crippen LogP contribution in [-0.2, 0) is 15.2 Å². The van der Waals surface area contributed by atoms with Gasteiger partial charge in [0.15, 0.2) is 5.60 Å². The van der Waals surface area contributed by atoms with Crippen molar-refractivity contribution in [2.45, 2.75) is 37.5 Å². The van der Waals surface area contributed by atoms with Gasteiger partial charge in [0, 0.05) is 6.04 Å². The van der Waals surface area contributed by atoms with Crippen LogP contribution in [0.3, 0.4) is 0 Å². The first-order valence-corrected chi connectivity index (χ1v) is 6.83. The first-order chi connectivity index (χ1) is 9.43. The Morgan fingerprint density at radius 2 is 1.95 bits per heavy atom. The molecule has 1 aromatic rings. The SMILES string of the molecule is C[C@](O)(C(=O)N1C(C(N)=O)CC2CC21)c1ccccc1. The standard InChI is InChI=1S/C15H18N2O3/c1-15(20,10-5-3-2-4-6-10)14(19)17-11-7-9(11)8-12(17)13(16)18/h2-6,9,11-12,20H,7-8H2,1H3,(H2,16,18)/t9?,11?,12?,15-/m1/s1. The van der Waals surface area contributed by atoms with Crippen molar-refractivity contribution in [1.29, 1.82) is 0 Å². The molecule has 5 heteroatoms. The molecule has 2 fully saturated rings. The Kier molecular flexibility index (Phi) is 2.83. The maximum absolute atomic E-state index is 12.7. The Balaban J connectivity index is 1.90. The van der Waals surface area contributed by atoms with Gasteiger partial charge in [-0.3, -0.25) is 9.59 Å². The lowest BCUT2D eigenvalue weighted by Gasteiger charge is -2.33. The molecule has 1 saturated heterocycles. The predicted molar refractivity (Wildman–Crippen MR) is 72.4 cm³/mol. The van der Waals surface area contributed by atoms with Crippen molar-refractivity contribution >= 4 is 11.8 Å². The van der Waals surface area contributed by atoms with Crippen LogP contribution in [0.1, 0.15) is 25.3 Å². The van der Waals surface area contributed by atoms with E-state index < -0.39 is 23.5 Å². The summed E-state index contributed by atoms with van der Waals surface area (Å²) in [4.78, 5) is 25.7. The predicted octanol–water partition coefficient (Wildman–Crippen LogP) is 0.369. The molecule has 3 rings (SSSR count). The molecule has 3 unspecified atom stereocenters. The summed E-state index contributed by atoms with van der Waals surface area (Å²) in [5.41, 5.74) is 4.27. The summed E-state index contributed by atoms with van der Waals surface area (Å²) in [6, 6.07) is 8.26. The number of hydrogen-bond acceptors (Lipinski definition) is 3. The molecule has 1 heterocycles. The molecule has 0 bridgehead atoms. The van der Waals surface area contributed by atoms with Gasteiger partial charge in [-0.15, -0.1) is 0 Å². The summed E-state index contributed by atoms with van der Waals surface area (Å²) in [6.45, 7) is 1.47. The average molecular weight is 274 g/mol. The lowest BCUT2D eigenvalue weighted by atomic mass is 9.94. The fourth-order valence-electron chi connectivity index (χ4n) is 3.14. The number of fused-ring (bicyclic) bond motifs is 1. The summed E-state index contributed by atoms with van der Waals surface area (Å²) in [5, 5.41) is 10.6. The van der Waals surface area contributed by atoms with Crippen molar-refractivity contribution in [3.63, 3.8) is 0 Å². The fourth-order valence-corrected chi connectivity index (χ4v) is 3.14. The highest BCUT2D eigenvalue weighted by atomic mass is 16.3. The largest absolute Gasteiger partial charge is 0.376 e. The molecule has 1 aliphatic carbocycles. The molecular formula is C15H18N2O3. The maximum Gasteiger partial charge on any atom is 0.259 e. The third-order valence-corrected chi connectivity index (χ3v) is 4.42. The van der Waals surface area contributed by atoms with Gasteiger partial charge in [-0.2, -0.15) is 0 Å². The van der Waals surface area contributed by atoms with E-state index in [1.165, 1.54) is 11.8 Å². The third kappa shape index (κ3) is 1.89. The van der Waals surface area contributed by atoms with E-state index in [2.05, 4.69) is 0 Å². The van der Waals surface area contributed by atoms with E-state index in [-0.39, 0.29) is 6.04 Å². The van der Waals surface area contributed by atoms with Crippen LogP contribution < -0.4 is 5.73 Å². The molecule has 1 saturated carbocycles. The molecule has 20 heavy (non-hydrogen) atoms. The van der Waals surface area contributed by atoms with Gasteiger partial charge in [0.25, 0.3) is 5.91 Å². The van der Waals surface area contributed by atoms with Crippen molar-refractivity contribution in [2.24, 2.45) is 11.7 Å². The Bertz CT molecular complexity index is 555. The Morgan fingerprint density at radius 3 is 2.55 bits per heavy atom. The number of likely N-dealkylation sites (tertiary alicyclic amines) is 1. The summed E-state index contributed by atoms with van der Waals surface area (Å²) in [5.74, 6) is -0.560. The number of benzene rings is 1. The second kappa shape index (κ2) is 4.31. The van der Waals surface area contributed by atoms with E-state index in [1.54, 1.807) is 24.3 Å². The zero-order chi connectivity index (χ0) is 14.5. The molecular weight excluding hydrogens is 256 g/mol. The van der Waals surface area contributed by atoms with Gasteiger partial charge in [0.2, 0.25) is 5.91 Å². The van der Waals surface area contributed by atoms with Crippen molar-refractivity contribution in [3.8, 4) is 0 Å². The number of hydrogen-bond donors (Lipinski definition) is 2. The smallest absolute Gasteiger partial charge is 0.259 e. The average Bonchev–Trinajstić information content (AvgIpc) is 3.10. The Hall–Kier alpha value is -1.88. The number of carbonyl (C=O) groups excluding carboxylic acids is 2. The van der Waals surface area contributed by atoms with Crippen LogP contribution in [0, 0.1) is 5.92 Å². The first-order valence-electron chi connectivity index (χ1n) is 6.83. The van der Waals surface area contributed by atoms with Gasteiger partial charge in [-0.05, 0) is 31.2 Å². The quantitative estimate of drug-likeness (QED) is 0.835. The van der Waals surface area contributed by atoms with Crippen LogP contribution >= 0.6 is 0 Å². The van der Waals surface area contributed by atoms with E-state index in [4.69, 9.17) is 5.73 Å². The van der Waals surface area contributed by atoms with Crippen LogP contribution in [0.4, 0.5) is 0 Å². The van der Waals surface area contributed by atoms with E-state index in [1.807, 2.05) is 6.07 Å². The third-order valence-electron chi connectivity index (χ3n) is 4.42. The summed E-state index contributed by atoms with van der Waals surface area (Å²) in [7, 11) is 0. The van der Waals surface area contributed by atoms with Crippen molar-refractivity contribution in [1.82, 2.24) is 4.90 Å². The zero-order valence-electron chi connectivity index (χ0n) is 11.3. The molecule has 106 valence electrons. The van der Waals surface area contributed by atoms with Gasteiger partial charge >= 0.3 is 0 Å². The van der Waals surface area contributed by atoms with Gasteiger partial charge < -0.3 is 15.7 Å². The van der Waals surface area contributed by atoms with E-state index in [9.17, 15) is 14.7 Å². The summed E-state index contributed by atoms with van der Waals surface area (Å²) < 4.78 is 0. The Labute approximate surface area is 117 Å². The molecule has 0 spiro atoms. The first kappa shape index (κ1) is 13.1. The lowest BCUT2D eigenvalue weighted by molar-refractivity contribution is -0.155. The number of carbonyl (C=O) groups is 2. The van der Waals surface area contributed by atoms with E-state index >= 15 is 0 Å². The van der Waals surface area contributed by atoms with Gasteiger partial charge in [0.05, 0.1) is 0 Å². The number of nitrogens with two attached hydrogens (primary N) is 1. The molecule has 4 atom stereocenters.